The fourth-order valence-electron chi connectivity index (χ4n) is 3.05. The standard InChI is InChI=1S/C13H25NO3/c1-16-10-7-14(6-8-15)12-3-9-17-13(11-12)4-2-5-13/h12,15H,2-11H2,1H3. The number of hydrogen-bond acceptors (Lipinski definition) is 4. The first-order valence-corrected chi connectivity index (χ1v) is 6.77. The monoisotopic (exact) mass is 243 g/mol. The van der Waals surface area contributed by atoms with Crippen molar-refractivity contribution in [3.8, 4) is 0 Å². The third-order valence-corrected chi connectivity index (χ3v) is 4.22. The van der Waals surface area contributed by atoms with Crippen molar-refractivity contribution in [2.45, 2.75) is 43.7 Å². The average Bonchev–Trinajstić information content (AvgIpc) is 2.33. The van der Waals surface area contributed by atoms with E-state index in [9.17, 15) is 0 Å². The first kappa shape index (κ1) is 13.3. The number of methoxy groups -OCH3 is 1. The number of rotatable bonds is 6. The van der Waals surface area contributed by atoms with E-state index in [-0.39, 0.29) is 12.2 Å². The molecule has 4 nitrogen and oxygen atoms in total. The zero-order valence-electron chi connectivity index (χ0n) is 10.9. The van der Waals surface area contributed by atoms with Gasteiger partial charge in [-0.2, -0.15) is 0 Å². The van der Waals surface area contributed by atoms with Crippen LogP contribution in [0.3, 0.4) is 0 Å². The molecule has 1 saturated carbocycles. The number of nitrogens with zero attached hydrogens (tertiary/aromatic N) is 1. The van der Waals surface area contributed by atoms with Gasteiger partial charge < -0.3 is 14.6 Å². The Balaban J connectivity index is 1.87. The average molecular weight is 243 g/mol. The second-order valence-electron chi connectivity index (χ2n) is 5.28. The molecule has 1 aliphatic carbocycles. The highest BCUT2D eigenvalue weighted by atomic mass is 16.5. The first-order chi connectivity index (χ1) is 8.29. The molecule has 0 radical (unpaired) electrons. The summed E-state index contributed by atoms with van der Waals surface area (Å²) in [7, 11) is 1.73. The molecule has 0 aromatic rings. The lowest BCUT2D eigenvalue weighted by atomic mass is 9.73. The maximum absolute atomic E-state index is 9.15. The fourth-order valence-corrected chi connectivity index (χ4v) is 3.05. The highest BCUT2D eigenvalue weighted by Crippen LogP contribution is 2.43. The Morgan fingerprint density at radius 3 is 2.82 bits per heavy atom. The first-order valence-electron chi connectivity index (χ1n) is 6.77. The largest absolute Gasteiger partial charge is 0.395 e. The molecule has 0 aromatic carbocycles. The van der Waals surface area contributed by atoms with Crippen molar-refractivity contribution >= 4 is 0 Å². The molecule has 4 heteroatoms. The van der Waals surface area contributed by atoms with Gasteiger partial charge in [0.1, 0.15) is 0 Å². The molecule has 2 rings (SSSR count). The van der Waals surface area contributed by atoms with Crippen LogP contribution in [0.15, 0.2) is 0 Å². The summed E-state index contributed by atoms with van der Waals surface area (Å²) in [4.78, 5) is 2.37. The molecule has 2 aliphatic rings. The van der Waals surface area contributed by atoms with Crippen molar-refractivity contribution in [1.29, 1.82) is 0 Å². The van der Waals surface area contributed by atoms with Crippen LogP contribution in [0.4, 0.5) is 0 Å². The lowest BCUT2D eigenvalue weighted by Crippen LogP contribution is -2.53. The minimum absolute atomic E-state index is 0.184. The van der Waals surface area contributed by atoms with E-state index in [1.54, 1.807) is 7.11 Å². The summed E-state index contributed by atoms with van der Waals surface area (Å²) in [5.41, 5.74) is 0.184. The summed E-state index contributed by atoms with van der Waals surface area (Å²) in [6.45, 7) is 3.51. The molecular formula is C13H25NO3. The Morgan fingerprint density at radius 1 is 1.41 bits per heavy atom. The minimum atomic E-state index is 0.184. The van der Waals surface area contributed by atoms with Crippen LogP contribution in [0.5, 0.6) is 0 Å². The normalized spacial score (nSPS) is 27.4. The van der Waals surface area contributed by atoms with Gasteiger partial charge in [-0.1, -0.05) is 0 Å². The second-order valence-corrected chi connectivity index (χ2v) is 5.28. The fraction of sp³-hybridized carbons (Fsp3) is 1.00. The molecule has 1 N–H and O–H groups in total. The third-order valence-electron chi connectivity index (χ3n) is 4.22. The van der Waals surface area contributed by atoms with E-state index in [1.165, 1.54) is 19.3 Å². The summed E-state index contributed by atoms with van der Waals surface area (Å²) in [6.07, 6.45) is 5.98. The Morgan fingerprint density at radius 2 is 2.24 bits per heavy atom. The van der Waals surface area contributed by atoms with Crippen molar-refractivity contribution in [1.82, 2.24) is 4.90 Å². The van der Waals surface area contributed by atoms with Crippen LogP contribution in [0.25, 0.3) is 0 Å². The third kappa shape index (κ3) is 3.19. The molecule has 1 aliphatic heterocycles. The summed E-state index contributed by atoms with van der Waals surface area (Å²) in [5.74, 6) is 0. The van der Waals surface area contributed by atoms with E-state index in [2.05, 4.69) is 4.90 Å². The summed E-state index contributed by atoms with van der Waals surface area (Å²) in [6, 6.07) is 0.561. The summed E-state index contributed by atoms with van der Waals surface area (Å²) >= 11 is 0. The molecular weight excluding hydrogens is 218 g/mol. The van der Waals surface area contributed by atoms with Crippen LogP contribution < -0.4 is 0 Å². The number of hydrogen-bond donors (Lipinski definition) is 1. The molecule has 0 amide bonds. The van der Waals surface area contributed by atoms with Gasteiger partial charge in [0.05, 0.1) is 18.8 Å². The van der Waals surface area contributed by atoms with Gasteiger partial charge in [-0.05, 0) is 32.1 Å². The molecule has 0 aromatic heterocycles. The van der Waals surface area contributed by atoms with E-state index >= 15 is 0 Å². The van der Waals surface area contributed by atoms with Gasteiger partial charge in [-0.25, -0.2) is 0 Å². The van der Waals surface area contributed by atoms with Crippen LogP contribution in [-0.2, 0) is 9.47 Å². The van der Waals surface area contributed by atoms with Crippen molar-refractivity contribution < 1.29 is 14.6 Å². The highest BCUT2D eigenvalue weighted by Gasteiger charge is 2.43. The maximum Gasteiger partial charge on any atom is 0.0697 e. The van der Waals surface area contributed by atoms with Gasteiger partial charge in [-0.15, -0.1) is 0 Å². The SMILES string of the molecule is COCCN(CCO)C1CCOC2(CCC2)C1. The van der Waals surface area contributed by atoms with Gasteiger partial charge in [0.15, 0.2) is 0 Å². The van der Waals surface area contributed by atoms with Gasteiger partial charge in [0.2, 0.25) is 0 Å². The van der Waals surface area contributed by atoms with Gasteiger partial charge in [0.25, 0.3) is 0 Å². The molecule has 17 heavy (non-hydrogen) atoms. The molecule has 2 fully saturated rings. The van der Waals surface area contributed by atoms with Crippen LogP contribution in [0.2, 0.25) is 0 Å². The van der Waals surface area contributed by atoms with E-state index in [0.29, 0.717) is 6.04 Å². The van der Waals surface area contributed by atoms with Crippen molar-refractivity contribution in [3.05, 3.63) is 0 Å². The van der Waals surface area contributed by atoms with E-state index in [0.717, 1.165) is 39.1 Å². The molecule has 1 unspecified atom stereocenters. The molecule has 1 saturated heterocycles. The second kappa shape index (κ2) is 6.14. The van der Waals surface area contributed by atoms with Crippen LogP contribution in [0, 0.1) is 0 Å². The molecule has 100 valence electrons. The van der Waals surface area contributed by atoms with E-state index in [4.69, 9.17) is 14.6 Å². The predicted molar refractivity (Wildman–Crippen MR) is 66.1 cm³/mol. The van der Waals surface area contributed by atoms with Crippen molar-refractivity contribution in [3.63, 3.8) is 0 Å². The Labute approximate surface area is 104 Å². The quantitative estimate of drug-likeness (QED) is 0.756. The predicted octanol–water partition coefficient (Wildman–Crippen LogP) is 1.03. The van der Waals surface area contributed by atoms with Crippen LogP contribution >= 0.6 is 0 Å². The van der Waals surface area contributed by atoms with Crippen LogP contribution in [0.1, 0.15) is 32.1 Å². The number of aliphatic hydroxyl groups is 1. The lowest BCUT2D eigenvalue weighted by molar-refractivity contribution is -0.150. The molecule has 1 spiro atoms. The maximum atomic E-state index is 9.15. The topological polar surface area (TPSA) is 41.9 Å². The van der Waals surface area contributed by atoms with E-state index < -0.39 is 0 Å². The van der Waals surface area contributed by atoms with Gasteiger partial charge in [0, 0.05) is 32.8 Å². The van der Waals surface area contributed by atoms with Crippen molar-refractivity contribution in [2.75, 3.05) is 40.0 Å². The van der Waals surface area contributed by atoms with E-state index in [1.807, 2.05) is 0 Å². The highest BCUT2D eigenvalue weighted by molar-refractivity contribution is 4.96. The summed E-state index contributed by atoms with van der Waals surface area (Å²) < 4.78 is 11.1. The Bertz CT molecular complexity index is 231. The molecule has 1 atom stereocenters. The van der Waals surface area contributed by atoms with Gasteiger partial charge >= 0.3 is 0 Å². The molecule has 1 heterocycles. The zero-order valence-corrected chi connectivity index (χ0v) is 10.9. The molecule has 0 bridgehead atoms. The Kier molecular flexibility index (Phi) is 4.79. The summed E-state index contributed by atoms with van der Waals surface area (Å²) in [5, 5.41) is 9.15. The number of ether oxygens (including phenoxy) is 2. The smallest absolute Gasteiger partial charge is 0.0697 e. The Hall–Kier alpha value is -0.160. The minimum Gasteiger partial charge on any atom is -0.395 e. The zero-order chi connectivity index (χ0) is 12.1. The number of aliphatic hydroxyl groups excluding tert-OH is 1. The van der Waals surface area contributed by atoms with Gasteiger partial charge in [-0.3, -0.25) is 4.90 Å². The van der Waals surface area contributed by atoms with Crippen LogP contribution in [-0.4, -0.2) is 61.7 Å². The van der Waals surface area contributed by atoms with Crippen molar-refractivity contribution in [2.24, 2.45) is 0 Å². The lowest BCUT2D eigenvalue weighted by Gasteiger charge is -2.49.